The molecule has 6 rings (SSSR count). The van der Waals surface area contributed by atoms with Crippen molar-refractivity contribution in [3.05, 3.63) is 120 Å². The Labute approximate surface area is 244 Å². The summed E-state index contributed by atoms with van der Waals surface area (Å²) < 4.78 is 60.5. The zero-order chi connectivity index (χ0) is 29.5. The average Bonchev–Trinajstić information content (AvgIpc) is 3.27. The number of para-hydroxylation sites is 2. The number of sulfone groups is 1. The largest absolute Gasteiger partial charge is 0.309 e. The minimum atomic E-state index is -4.26. The van der Waals surface area contributed by atoms with Crippen molar-refractivity contribution >= 4 is 47.9 Å². The third kappa shape index (κ3) is 5.15. The van der Waals surface area contributed by atoms with Crippen molar-refractivity contribution < 1.29 is 16.8 Å². The lowest BCUT2D eigenvalue weighted by Crippen LogP contribution is -2.19. The number of sulfonamides is 1. The summed E-state index contributed by atoms with van der Waals surface area (Å²) in [6, 6.07) is 29.7. The molecule has 42 heavy (non-hydrogen) atoms. The first kappa shape index (κ1) is 27.6. The van der Waals surface area contributed by atoms with E-state index in [-0.39, 0.29) is 38.2 Å². The Morgan fingerprint density at radius 3 is 1.83 bits per heavy atom. The summed E-state index contributed by atoms with van der Waals surface area (Å²) >= 11 is 0. The van der Waals surface area contributed by atoms with Crippen LogP contribution in [0.2, 0.25) is 0 Å². The first-order valence-electron chi connectivity index (χ1n) is 13.4. The number of hydrogen-bond donors (Lipinski definition) is 1. The number of nitrogens with one attached hydrogen (secondary N) is 1. The molecule has 212 valence electrons. The Morgan fingerprint density at radius 2 is 1.21 bits per heavy atom. The van der Waals surface area contributed by atoms with Gasteiger partial charge in [0.2, 0.25) is 9.84 Å². The van der Waals surface area contributed by atoms with Gasteiger partial charge in [0.05, 0.1) is 20.8 Å². The van der Waals surface area contributed by atoms with Crippen LogP contribution < -0.4 is 4.72 Å². The van der Waals surface area contributed by atoms with E-state index in [0.29, 0.717) is 17.5 Å². The van der Waals surface area contributed by atoms with Crippen molar-refractivity contribution in [2.45, 2.75) is 41.5 Å². The van der Waals surface area contributed by atoms with E-state index in [1.54, 1.807) is 47.0 Å². The molecule has 0 aliphatic heterocycles. The smallest absolute Gasteiger partial charge is 0.263 e. The molecule has 0 unspecified atom stereocenters. The van der Waals surface area contributed by atoms with Crippen molar-refractivity contribution in [1.82, 2.24) is 14.5 Å². The molecule has 8 nitrogen and oxygen atoms in total. The maximum Gasteiger partial charge on any atom is 0.263 e. The highest BCUT2D eigenvalue weighted by atomic mass is 32.2. The first-order chi connectivity index (χ1) is 20.1. The van der Waals surface area contributed by atoms with Crippen LogP contribution in [0, 0.1) is 13.8 Å². The monoisotopic (exact) mass is 596 g/mol. The van der Waals surface area contributed by atoms with Gasteiger partial charge in [-0.2, -0.15) is 0 Å². The summed E-state index contributed by atoms with van der Waals surface area (Å²) in [5, 5.41) is 0. The predicted octanol–water partition coefficient (Wildman–Crippen LogP) is 6.08. The summed E-state index contributed by atoms with van der Waals surface area (Å²) in [5.41, 5.74) is 4.23. The van der Waals surface area contributed by atoms with Gasteiger partial charge in [0, 0.05) is 6.54 Å². The van der Waals surface area contributed by atoms with Gasteiger partial charge in [-0.15, -0.1) is 0 Å². The zero-order valence-corrected chi connectivity index (χ0v) is 24.7. The minimum Gasteiger partial charge on any atom is -0.309 e. The highest BCUT2D eigenvalue weighted by Gasteiger charge is 2.33. The van der Waals surface area contributed by atoms with Crippen LogP contribution in [0.25, 0.3) is 22.2 Å². The maximum absolute atomic E-state index is 14.4. The molecule has 4 aromatic carbocycles. The number of aromatic nitrogens is 3. The zero-order valence-electron chi connectivity index (χ0n) is 23.0. The number of rotatable bonds is 8. The highest BCUT2D eigenvalue weighted by molar-refractivity contribution is 7.93. The second kappa shape index (κ2) is 10.7. The van der Waals surface area contributed by atoms with Gasteiger partial charge in [-0.1, -0.05) is 77.9 Å². The number of hydrogen-bond acceptors (Lipinski definition) is 6. The van der Waals surface area contributed by atoms with Crippen LogP contribution in [0.3, 0.4) is 0 Å². The normalized spacial score (nSPS) is 12.1. The summed E-state index contributed by atoms with van der Waals surface area (Å²) in [6.45, 7) is 3.98. The molecular formula is C32H28N4O4S2. The number of anilines is 1. The molecule has 2 heterocycles. The van der Waals surface area contributed by atoms with Gasteiger partial charge >= 0.3 is 0 Å². The fourth-order valence-electron chi connectivity index (χ4n) is 4.87. The Hall–Kier alpha value is -4.54. The molecule has 0 bridgehead atoms. The standard InChI is InChI=1S/C32H28N4O4S2/c1-22-12-16-25(17-13-22)41(37,38)30-29-31(34-28-11-7-6-10-27(28)33-29)36(21-20-24-8-4-3-5-9-24)32(30)35-42(39,40)26-18-14-23(2)15-19-26/h3-19,35H,20-21H2,1-2H3. The number of benzene rings is 4. The number of nitrogens with zero attached hydrogens (tertiary/aromatic N) is 3. The van der Waals surface area contributed by atoms with E-state index in [4.69, 9.17) is 9.97 Å². The minimum absolute atomic E-state index is 0.0118. The van der Waals surface area contributed by atoms with Crippen LogP contribution in [-0.4, -0.2) is 31.4 Å². The molecule has 2 aromatic heterocycles. The van der Waals surface area contributed by atoms with Crippen LogP contribution in [0.1, 0.15) is 16.7 Å². The molecule has 0 saturated carbocycles. The Morgan fingerprint density at radius 1 is 0.667 bits per heavy atom. The van der Waals surface area contributed by atoms with E-state index in [1.165, 1.54) is 24.3 Å². The van der Waals surface area contributed by atoms with Crippen LogP contribution in [0.15, 0.2) is 118 Å². The van der Waals surface area contributed by atoms with E-state index in [1.807, 2.05) is 50.2 Å². The van der Waals surface area contributed by atoms with Gasteiger partial charge in [0.15, 0.2) is 5.65 Å². The van der Waals surface area contributed by atoms with Crippen LogP contribution >= 0.6 is 0 Å². The topological polar surface area (TPSA) is 111 Å². The van der Waals surface area contributed by atoms with Gasteiger partial charge in [0.25, 0.3) is 10.0 Å². The quantitative estimate of drug-likeness (QED) is 0.228. The van der Waals surface area contributed by atoms with Crippen LogP contribution in [0.5, 0.6) is 0 Å². The first-order valence-corrected chi connectivity index (χ1v) is 16.3. The molecule has 0 aliphatic carbocycles. The molecule has 0 amide bonds. The van der Waals surface area contributed by atoms with E-state index >= 15 is 0 Å². The van der Waals surface area contributed by atoms with E-state index in [9.17, 15) is 16.8 Å². The fraction of sp³-hybridized carbons (Fsp3) is 0.125. The number of aryl methyl sites for hydroxylation is 4. The van der Waals surface area contributed by atoms with Crippen molar-refractivity contribution in [1.29, 1.82) is 0 Å². The molecule has 6 aromatic rings. The molecule has 0 fully saturated rings. The third-order valence-electron chi connectivity index (χ3n) is 7.14. The van der Waals surface area contributed by atoms with E-state index < -0.39 is 19.9 Å². The van der Waals surface area contributed by atoms with Crippen LogP contribution in [-0.2, 0) is 32.8 Å². The highest BCUT2D eigenvalue weighted by Crippen LogP contribution is 2.38. The van der Waals surface area contributed by atoms with Gasteiger partial charge in [-0.3, -0.25) is 4.72 Å². The second-order valence-electron chi connectivity index (χ2n) is 10.2. The Bertz CT molecular complexity index is 2140. The predicted molar refractivity (Wildman–Crippen MR) is 164 cm³/mol. The van der Waals surface area contributed by atoms with E-state index in [0.717, 1.165) is 16.7 Å². The van der Waals surface area contributed by atoms with Gasteiger partial charge < -0.3 is 4.57 Å². The summed E-state index contributed by atoms with van der Waals surface area (Å²) in [7, 11) is -8.45. The van der Waals surface area contributed by atoms with Crippen molar-refractivity contribution in [2.24, 2.45) is 0 Å². The molecule has 0 aliphatic rings. The summed E-state index contributed by atoms with van der Waals surface area (Å²) in [6.07, 6.45) is 0.502. The van der Waals surface area contributed by atoms with Crippen LogP contribution in [0.4, 0.5) is 5.82 Å². The molecular weight excluding hydrogens is 569 g/mol. The SMILES string of the molecule is Cc1ccc(S(=O)(=O)Nc2c(S(=O)(=O)c3ccc(C)cc3)c3nc4ccccc4nc3n2CCc2ccccc2)cc1. The summed E-state index contributed by atoms with van der Waals surface area (Å²) in [5.74, 6) is -0.0996. The Balaban J connectivity index is 1.64. The third-order valence-corrected chi connectivity index (χ3v) is 10.3. The molecule has 10 heteroatoms. The van der Waals surface area contributed by atoms with Gasteiger partial charge in [0.1, 0.15) is 16.2 Å². The van der Waals surface area contributed by atoms with E-state index in [2.05, 4.69) is 4.72 Å². The van der Waals surface area contributed by atoms with Gasteiger partial charge in [-0.25, -0.2) is 26.8 Å². The maximum atomic E-state index is 14.4. The average molecular weight is 597 g/mol. The lowest BCUT2D eigenvalue weighted by atomic mass is 10.1. The molecule has 0 saturated heterocycles. The molecule has 0 atom stereocenters. The number of fused-ring (bicyclic) bond motifs is 2. The lowest BCUT2D eigenvalue weighted by Gasteiger charge is -2.15. The second-order valence-corrected chi connectivity index (χ2v) is 13.8. The molecule has 0 spiro atoms. The fourth-order valence-corrected chi connectivity index (χ4v) is 7.55. The Kier molecular flexibility index (Phi) is 7.04. The van der Waals surface area contributed by atoms with Gasteiger partial charge in [-0.05, 0) is 62.2 Å². The molecule has 0 radical (unpaired) electrons. The summed E-state index contributed by atoms with van der Waals surface area (Å²) in [4.78, 5) is 9.36. The van der Waals surface area contributed by atoms with Crippen molar-refractivity contribution in [3.8, 4) is 0 Å². The lowest BCUT2D eigenvalue weighted by molar-refractivity contribution is 0.596. The van der Waals surface area contributed by atoms with Crippen molar-refractivity contribution in [3.63, 3.8) is 0 Å². The van der Waals surface area contributed by atoms with Crippen molar-refractivity contribution in [2.75, 3.05) is 4.72 Å². The molecule has 1 N–H and O–H groups in total.